The third-order valence-corrected chi connectivity index (χ3v) is 2.95. The average molecular weight is 275 g/mol. The Morgan fingerprint density at radius 1 is 1.35 bits per heavy atom. The molecule has 2 amide bonds. The maximum atomic E-state index is 11.9. The number of rotatable bonds is 4. The summed E-state index contributed by atoms with van der Waals surface area (Å²) in [7, 11) is 1.57. The number of carboxylic acid groups (broad SMARTS) is 1. The number of urea groups is 1. The molecule has 106 valence electrons. The summed E-state index contributed by atoms with van der Waals surface area (Å²) < 4.78 is 0. The van der Waals surface area contributed by atoms with Crippen molar-refractivity contribution < 1.29 is 14.7 Å². The fraction of sp³-hybridized carbons (Fsp3) is 0.357. The Kier molecular flexibility index (Phi) is 4.70. The van der Waals surface area contributed by atoms with Crippen molar-refractivity contribution >= 4 is 17.7 Å². The Morgan fingerprint density at radius 3 is 2.35 bits per heavy atom. The van der Waals surface area contributed by atoms with Gasteiger partial charge in [0.2, 0.25) is 0 Å². The number of amides is 2. The van der Waals surface area contributed by atoms with E-state index in [-0.39, 0.29) is 6.54 Å². The van der Waals surface area contributed by atoms with Crippen molar-refractivity contribution in [1.29, 1.82) is 5.26 Å². The third kappa shape index (κ3) is 3.72. The quantitative estimate of drug-likeness (QED) is 0.876. The zero-order chi connectivity index (χ0) is 15.3. The lowest BCUT2D eigenvalue weighted by Crippen LogP contribution is -2.44. The number of carbonyl (C=O) groups excluding carboxylic acids is 1. The Labute approximate surface area is 117 Å². The van der Waals surface area contributed by atoms with E-state index in [9.17, 15) is 9.59 Å². The summed E-state index contributed by atoms with van der Waals surface area (Å²) in [6.45, 7) is 3.11. The molecule has 6 heteroatoms. The molecule has 0 saturated heterocycles. The number of nitrogens with one attached hydrogen (secondary N) is 1. The number of nitriles is 1. The van der Waals surface area contributed by atoms with Gasteiger partial charge in [-0.2, -0.15) is 5.26 Å². The van der Waals surface area contributed by atoms with Crippen LogP contribution in [0.1, 0.15) is 19.4 Å². The van der Waals surface area contributed by atoms with Gasteiger partial charge in [-0.15, -0.1) is 0 Å². The van der Waals surface area contributed by atoms with Crippen LogP contribution in [-0.4, -0.2) is 30.7 Å². The first kappa shape index (κ1) is 15.5. The van der Waals surface area contributed by atoms with Gasteiger partial charge in [-0.1, -0.05) is 0 Å². The largest absolute Gasteiger partial charge is 0.481 e. The number of nitrogens with zero attached hydrogens (tertiary/aromatic N) is 2. The molecule has 0 saturated carbocycles. The number of anilines is 1. The van der Waals surface area contributed by atoms with Gasteiger partial charge in [0.05, 0.1) is 17.0 Å². The number of benzene rings is 1. The molecule has 0 aliphatic carbocycles. The van der Waals surface area contributed by atoms with Crippen molar-refractivity contribution in [2.24, 2.45) is 5.41 Å². The molecular weight excluding hydrogens is 258 g/mol. The molecular formula is C14H17N3O3. The second-order valence-corrected chi connectivity index (χ2v) is 5.07. The highest BCUT2D eigenvalue weighted by atomic mass is 16.4. The molecule has 0 aliphatic rings. The molecule has 0 radical (unpaired) electrons. The van der Waals surface area contributed by atoms with Crippen LogP contribution in [0.2, 0.25) is 0 Å². The average Bonchev–Trinajstić information content (AvgIpc) is 2.44. The molecule has 0 aromatic heterocycles. The van der Waals surface area contributed by atoms with Crippen molar-refractivity contribution in [2.75, 3.05) is 18.5 Å². The van der Waals surface area contributed by atoms with E-state index in [1.54, 1.807) is 31.3 Å². The Morgan fingerprint density at radius 2 is 1.90 bits per heavy atom. The fourth-order valence-corrected chi connectivity index (χ4v) is 1.37. The fourth-order valence-electron chi connectivity index (χ4n) is 1.37. The molecule has 0 bridgehead atoms. The van der Waals surface area contributed by atoms with E-state index < -0.39 is 17.4 Å². The lowest BCUT2D eigenvalue weighted by Gasteiger charge is -2.23. The Balaban J connectivity index is 2.67. The summed E-state index contributed by atoms with van der Waals surface area (Å²) in [4.78, 5) is 24.2. The van der Waals surface area contributed by atoms with Gasteiger partial charge in [0.25, 0.3) is 0 Å². The minimum absolute atomic E-state index is 0.0295. The lowest BCUT2D eigenvalue weighted by atomic mass is 9.94. The number of aliphatic carboxylic acids is 1. The van der Waals surface area contributed by atoms with Crippen molar-refractivity contribution in [3.63, 3.8) is 0 Å². The van der Waals surface area contributed by atoms with Gasteiger partial charge in [-0.05, 0) is 38.1 Å². The predicted octanol–water partition coefficient (Wildman–Crippen LogP) is 1.81. The van der Waals surface area contributed by atoms with Crippen LogP contribution in [0.15, 0.2) is 24.3 Å². The van der Waals surface area contributed by atoms with Crippen LogP contribution in [0.25, 0.3) is 0 Å². The van der Waals surface area contributed by atoms with Crippen LogP contribution < -0.4 is 10.2 Å². The summed E-state index contributed by atoms with van der Waals surface area (Å²) in [6, 6.07) is 8.13. The van der Waals surface area contributed by atoms with Crippen LogP contribution in [0.5, 0.6) is 0 Å². The topological polar surface area (TPSA) is 93.4 Å². The highest BCUT2D eigenvalue weighted by Gasteiger charge is 2.28. The monoisotopic (exact) mass is 275 g/mol. The molecule has 6 nitrogen and oxygen atoms in total. The van der Waals surface area contributed by atoms with Gasteiger partial charge < -0.3 is 10.4 Å². The van der Waals surface area contributed by atoms with Crippen LogP contribution in [-0.2, 0) is 4.79 Å². The second kappa shape index (κ2) is 6.06. The first-order valence-corrected chi connectivity index (χ1v) is 6.03. The summed E-state index contributed by atoms with van der Waals surface area (Å²) in [5.41, 5.74) is 0.102. The normalized spacial score (nSPS) is 10.5. The first-order valence-electron chi connectivity index (χ1n) is 6.03. The number of hydrogen-bond acceptors (Lipinski definition) is 3. The SMILES string of the molecule is CN(C(=O)NCC(C)(C)C(=O)O)c1ccc(C#N)cc1. The van der Waals surface area contributed by atoms with Crippen molar-refractivity contribution in [2.45, 2.75) is 13.8 Å². The third-order valence-electron chi connectivity index (χ3n) is 2.95. The maximum absolute atomic E-state index is 11.9. The first-order chi connectivity index (χ1) is 9.27. The molecule has 0 aliphatic heterocycles. The van der Waals surface area contributed by atoms with Gasteiger partial charge >= 0.3 is 12.0 Å². The van der Waals surface area contributed by atoms with E-state index in [4.69, 9.17) is 10.4 Å². The van der Waals surface area contributed by atoms with Crippen molar-refractivity contribution in [3.05, 3.63) is 29.8 Å². The van der Waals surface area contributed by atoms with E-state index in [1.807, 2.05) is 6.07 Å². The summed E-state index contributed by atoms with van der Waals surface area (Å²) in [5.74, 6) is -0.973. The molecule has 1 rings (SSSR count). The van der Waals surface area contributed by atoms with E-state index >= 15 is 0 Å². The van der Waals surface area contributed by atoms with Crippen LogP contribution in [0, 0.1) is 16.7 Å². The van der Waals surface area contributed by atoms with Gasteiger partial charge in [0.15, 0.2) is 0 Å². The van der Waals surface area contributed by atoms with Crippen LogP contribution in [0.3, 0.4) is 0 Å². The van der Waals surface area contributed by atoms with Gasteiger partial charge in [-0.3, -0.25) is 9.69 Å². The number of hydrogen-bond donors (Lipinski definition) is 2. The van der Waals surface area contributed by atoms with Gasteiger partial charge in [0.1, 0.15) is 0 Å². The van der Waals surface area contributed by atoms with Crippen molar-refractivity contribution in [1.82, 2.24) is 5.32 Å². The zero-order valence-electron chi connectivity index (χ0n) is 11.7. The molecule has 1 aromatic rings. The van der Waals surface area contributed by atoms with E-state index in [1.165, 1.54) is 18.7 Å². The molecule has 0 atom stereocenters. The standard InChI is InChI=1S/C14H17N3O3/c1-14(2,12(18)19)9-16-13(20)17(3)11-6-4-10(8-15)5-7-11/h4-7H,9H2,1-3H3,(H,16,20)(H,18,19). The van der Waals surface area contributed by atoms with E-state index in [2.05, 4.69) is 5.32 Å². The van der Waals surface area contributed by atoms with E-state index in [0.717, 1.165) is 0 Å². The Bertz CT molecular complexity index is 544. The van der Waals surface area contributed by atoms with Gasteiger partial charge in [0, 0.05) is 19.3 Å². The van der Waals surface area contributed by atoms with Gasteiger partial charge in [-0.25, -0.2) is 4.79 Å². The molecule has 0 heterocycles. The summed E-state index contributed by atoms with van der Waals surface area (Å²) in [6.07, 6.45) is 0. The molecule has 2 N–H and O–H groups in total. The highest BCUT2D eigenvalue weighted by molar-refractivity contribution is 5.91. The highest BCUT2D eigenvalue weighted by Crippen LogP contribution is 2.15. The number of carboxylic acids is 1. The summed E-state index contributed by atoms with van der Waals surface area (Å²) in [5, 5.41) is 20.2. The van der Waals surface area contributed by atoms with Crippen LogP contribution in [0.4, 0.5) is 10.5 Å². The predicted molar refractivity (Wildman–Crippen MR) is 74.4 cm³/mol. The molecule has 20 heavy (non-hydrogen) atoms. The zero-order valence-corrected chi connectivity index (χ0v) is 11.7. The maximum Gasteiger partial charge on any atom is 0.321 e. The smallest absolute Gasteiger partial charge is 0.321 e. The lowest BCUT2D eigenvalue weighted by molar-refractivity contribution is -0.146. The second-order valence-electron chi connectivity index (χ2n) is 5.07. The minimum Gasteiger partial charge on any atom is -0.481 e. The molecule has 1 aromatic carbocycles. The van der Waals surface area contributed by atoms with Crippen molar-refractivity contribution in [3.8, 4) is 6.07 Å². The molecule has 0 spiro atoms. The van der Waals surface area contributed by atoms with Crippen LogP contribution >= 0.6 is 0 Å². The Hall–Kier alpha value is -2.55. The molecule has 0 fully saturated rings. The minimum atomic E-state index is -1.03. The summed E-state index contributed by atoms with van der Waals surface area (Å²) >= 11 is 0. The molecule has 0 unspecified atom stereocenters. The number of carbonyl (C=O) groups is 2. The van der Waals surface area contributed by atoms with E-state index in [0.29, 0.717) is 11.3 Å².